The molecule has 148 valence electrons. The van der Waals surface area contributed by atoms with Crippen molar-refractivity contribution in [1.29, 1.82) is 0 Å². The number of halogens is 3. The fourth-order valence-corrected chi connectivity index (χ4v) is 2.78. The van der Waals surface area contributed by atoms with Gasteiger partial charge in [-0.3, -0.25) is 4.79 Å². The molecule has 2 aromatic rings. The van der Waals surface area contributed by atoms with Gasteiger partial charge in [-0.25, -0.2) is 4.79 Å². The summed E-state index contributed by atoms with van der Waals surface area (Å²) < 4.78 is 43.2. The van der Waals surface area contributed by atoms with Crippen molar-refractivity contribution < 1.29 is 32.6 Å². The van der Waals surface area contributed by atoms with Crippen LogP contribution in [0.1, 0.15) is 34.3 Å². The van der Waals surface area contributed by atoms with Gasteiger partial charge in [-0.15, -0.1) is 0 Å². The van der Waals surface area contributed by atoms with Gasteiger partial charge in [0, 0.05) is 18.2 Å². The number of hydrogen-bond acceptors (Lipinski definition) is 3. The molecule has 28 heavy (non-hydrogen) atoms. The van der Waals surface area contributed by atoms with Crippen molar-refractivity contribution in [3.63, 3.8) is 0 Å². The van der Waals surface area contributed by atoms with E-state index in [4.69, 9.17) is 9.84 Å². The molecule has 0 aliphatic heterocycles. The van der Waals surface area contributed by atoms with E-state index in [2.05, 4.69) is 0 Å². The van der Waals surface area contributed by atoms with Crippen molar-refractivity contribution in [2.45, 2.75) is 31.6 Å². The molecule has 1 N–H and O–H groups in total. The molecular weight excluding hydrogens is 375 g/mol. The van der Waals surface area contributed by atoms with Gasteiger partial charge in [0.05, 0.1) is 5.56 Å². The summed E-state index contributed by atoms with van der Waals surface area (Å²) in [5, 5.41) is 8.69. The number of amides is 1. The highest BCUT2D eigenvalue weighted by molar-refractivity contribution is 5.95. The molecule has 0 radical (unpaired) electrons. The zero-order chi connectivity index (χ0) is 20.3. The fraction of sp³-hybridized carbons (Fsp3) is 0.300. The molecule has 1 amide bonds. The highest BCUT2D eigenvalue weighted by Gasteiger charge is 2.34. The molecule has 1 aliphatic carbocycles. The summed E-state index contributed by atoms with van der Waals surface area (Å²) in [7, 11) is 0. The minimum atomic E-state index is -4.40. The van der Waals surface area contributed by atoms with Crippen LogP contribution in [0.4, 0.5) is 13.2 Å². The molecule has 1 saturated carbocycles. The molecule has 0 atom stereocenters. The van der Waals surface area contributed by atoms with E-state index >= 15 is 0 Å². The first-order valence-corrected chi connectivity index (χ1v) is 8.66. The summed E-state index contributed by atoms with van der Waals surface area (Å²) in [4.78, 5) is 25.2. The number of ether oxygens (including phenoxy) is 1. The second kappa shape index (κ2) is 7.92. The predicted molar refractivity (Wildman–Crippen MR) is 93.9 cm³/mol. The monoisotopic (exact) mass is 393 g/mol. The van der Waals surface area contributed by atoms with Gasteiger partial charge in [-0.1, -0.05) is 18.2 Å². The summed E-state index contributed by atoms with van der Waals surface area (Å²) in [5.41, 5.74) is 0.206. The average molecular weight is 393 g/mol. The van der Waals surface area contributed by atoms with Gasteiger partial charge in [0.25, 0.3) is 5.91 Å². The van der Waals surface area contributed by atoms with Crippen LogP contribution in [0.5, 0.6) is 5.75 Å². The lowest BCUT2D eigenvalue weighted by Crippen LogP contribution is -2.32. The Hall–Kier alpha value is -3.03. The zero-order valence-electron chi connectivity index (χ0n) is 14.8. The third-order valence-electron chi connectivity index (χ3n) is 4.33. The van der Waals surface area contributed by atoms with Crippen LogP contribution in [0.25, 0.3) is 0 Å². The van der Waals surface area contributed by atoms with Gasteiger partial charge < -0.3 is 14.7 Å². The topological polar surface area (TPSA) is 66.8 Å². The lowest BCUT2D eigenvalue weighted by molar-refractivity contribution is -0.139. The Morgan fingerprint density at radius 3 is 2.36 bits per heavy atom. The molecule has 0 bridgehead atoms. The van der Waals surface area contributed by atoms with Gasteiger partial charge in [-0.2, -0.15) is 13.2 Å². The number of hydrogen-bond donors (Lipinski definition) is 1. The van der Waals surface area contributed by atoms with Crippen LogP contribution >= 0.6 is 0 Å². The minimum Gasteiger partial charge on any atom is -0.482 e. The zero-order valence-corrected chi connectivity index (χ0v) is 14.8. The van der Waals surface area contributed by atoms with Crippen molar-refractivity contribution in [3.05, 3.63) is 65.2 Å². The first kappa shape index (κ1) is 19.7. The van der Waals surface area contributed by atoms with E-state index in [1.54, 1.807) is 23.1 Å². The Morgan fingerprint density at radius 2 is 1.79 bits per heavy atom. The maximum atomic E-state index is 12.9. The molecule has 2 aromatic carbocycles. The van der Waals surface area contributed by atoms with Gasteiger partial charge in [0.2, 0.25) is 0 Å². The average Bonchev–Trinajstić information content (AvgIpc) is 3.49. The highest BCUT2D eigenvalue weighted by Crippen LogP contribution is 2.32. The standard InChI is InChI=1S/C20H18F3NO4/c21-20(22,23)15-6-4-13(5-7-15)11-24(16-8-9-16)19(27)14-2-1-3-17(10-14)28-12-18(25)26/h1-7,10,16H,8-9,11-12H2,(H,25,26). The van der Waals surface area contributed by atoms with E-state index in [1.807, 2.05) is 0 Å². The minimum absolute atomic E-state index is 0.0402. The first-order valence-electron chi connectivity index (χ1n) is 8.66. The van der Waals surface area contributed by atoms with Crippen LogP contribution in [-0.4, -0.2) is 34.5 Å². The van der Waals surface area contributed by atoms with Crippen molar-refractivity contribution in [1.82, 2.24) is 4.90 Å². The number of rotatable bonds is 7. The summed E-state index contributed by atoms with van der Waals surface area (Å²) in [6.07, 6.45) is -2.73. The number of carboxylic acid groups (broad SMARTS) is 1. The van der Waals surface area contributed by atoms with E-state index in [0.717, 1.165) is 25.0 Å². The number of carbonyl (C=O) groups excluding carboxylic acids is 1. The Kier molecular flexibility index (Phi) is 5.58. The van der Waals surface area contributed by atoms with Gasteiger partial charge >= 0.3 is 12.1 Å². The first-order chi connectivity index (χ1) is 13.2. The van der Waals surface area contributed by atoms with Crippen molar-refractivity contribution in [2.24, 2.45) is 0 Å². The van der Waals surface area contributed by atoms with Crippen LogP contribution in [0.3, 0.4) is 0 Å². The van der Waals surface area contributed by atoms with E-state index < -0.39 is 24.3 Å². The second-order valence-electron chi connectivity index (χ2n) is 6.57. The SMILES string of the molecule is O=C(O)COc1cccc(C(=O)N(Cc2ccc(C(F)(F)F)cc2)C2CC2)c1. The third kappa shape index (κ3) is 5.03. The normalized spacial score (nSPS) is 13.8. The quantitative estimate of drug-likeness (QED) is 0.773. The Bertz CT molecular complexity index is 860. The molecule has 0 spiro atoms. The van der Waals surface area contributed by atoms with Crippen LogP contribution in [0, 0.1) is 0 Å². The molecule has 0 aromatic heterocycles. The number of aliphatic carboxylic acids is 1. The lowest BCUT2D eigenvalue weighted by Gasteiger charge is -2.23. The molecule has 0 unspecified atom stereocenters. The fourth-order valence-electron chi connectivity index (χ4n) is 2.78. The van der Waals surface area contributed by atoms with E-state index in [1.165, 1.54) is 18.2 Å². The predicted octanol–water partition coefficient (Wildman–Crippen LogP) is 3.97. The summed E-state index contributed by atoms with van der Waals surface area (Å²) in [6.45, 7) is -0.322. The number of carbonyl (C=O) groups is 2. The third-order valence-corrected chi connectivity index (χ3v) is 4.33. The maximum Gasteiger partial charge on any atom is 0.416 e. The summed E-state index contributed by atoms with van der Waals surface area (Å²) in [6, 6.07) is 11.0. The number of nitrogens with zero attached hydrogens (tertiary/aromatic N) is 1. The Labute approximate surface area is 159 Å². The van der Waals surface area contributed by atoms with E-state index in [-0.39, 0.29) is 24.2 Å². The molecule has 8 heteroatoms. The second-order valence-corrected chi connectivity index (χ2v) is 6.57. The van der Waals surface area contributed by atoms with Crippen molar-refractivity contribution >= 4 is 11.9 Å². The molecule has 0 saturated heterocycles. The van der Waals surface area contributed by atoms with Crippen LogP contribution in [-0.2, 0) is 17.5 Å². The number of benzene rings is 2. The lowest BCUT2D eigenvalue weighted by atomic mass is 10.1. The smallest absolute Gasteiger partial charge is 0.416 e. The van der Waals surface area contributed by atoms with Gasteiger partial charge in [0.15, 0.2) is 6.61 Å². The maximum absolute atomic E-state index is 12.9. The molecule has 0 heterocycles. The van der Waals surface area contributed by atoms with Crippen LogP contribution in [0.2, 0.25) is 0 Å². The largest absolute Gasteiger partial charge is 0.482 e. The van der Waals surface area contributed by atoms with Crippen LogP contribution < -0.4 is 4.74 Å². The van der Waals surface area contributed by atoms with E-state index in [9.17, 15) is 22.8 Å². The molecule has 1 fully saturated rings. The summed E-state index contributed by atoms with van der Waals surface area (Å²) >= 11 is 0. The molecule has 1 aliphatic rings. The summed E-state index contributed by atoms with van der Waals surface area (Å²) in [5.74, 6) is -1.14. The van der Waals surface area contributed by atoms with Crippen LogP contribution in [0.15, 0.2) is 48.5 Å². The molecule has 5 nitrogen and oxygen atoms in total. The number of alkyl halides is 3. The molecular formula is C20H18F3NO4. The van der Waals surface area contributed by atoms with Crippen molar-refractivity contribution in [2.75, 3.05) is 6.61 Å². The number of carboxylic acids is 1. The highest BCUT2D eigenvalue weighted by atomic mass is 19.4. The molecule has 3 rings (SSSR count). The Balaban J connectivity index is 1.74. The van der Waals surface area contributed by atoms with Gasteiger partial charge in [-0.05, 0) is 48.7 Å². The van der Waals surface area contributed by atoms with Gasteiger partial charge in [0.1, 0.15) is 5.75 Å². The van der Waals surface area contributed by atoms with E-state index in [0.29, 0.717) is 11.1 Å². The van der Waals surface area contributed by atoms with Crippen molar-refractivity contribution in [3.8, 4) is 5.75 Å². The Morgan fingerprint density at radius 1 is 1.11 bits per heavy atom.